The highest BCUT2D eigenvalue weighted by atomic mass is 16.6. The van der Waals surface area contributed by atoms with Crippen molar-refractivity contribution in [3.8, 4) is 0 Å². The Morgan fingerprint density at radius 3 is 2.19 bits per heavy atom. The summed E-state index contributed by atoms with van der Waals surface area (Å²) in [5, 5.41) is 0. The van der Waals surface area contributed by atoms with Crippen LogP contribution in [0.4, 0.5) is 0 Å². The van der Waals surface area contributed by atoms with Crippen molar-refractivity contribution < 1.29 is 19.1 Å². The predicted molar refractivity (Wildman–Crippen MR) is 83.6 cm³/mol. The lowest BCUT2D eigenvalue weighted by molar-refractivity contribution is -0.157. The molecule has 0 bridgehead atoms. The summed E-state index contributed by atoms with van der Waals surface area (Å²) in [5.74, 6) is -0.499. The third-order valence-electron chi connectivity index (χ3n) is 2.93. The van der Waals surface area contributed by atoms with Crippen molar-refractivity contribution in [3.63, 3.8) is 0 Å². The summed E-state index contributed by atoms with van der Waals surface area (Å²) in [4.78, 5) is 23.4. The molecule has 0 spiro atoms. The van der Waals surface area contributed by atoms with Crippen molar-refractivity contribution in [3.05, 3.63) is 6.92 Å². The fourth-order valence-electron chi connectivity index (χ4n) is 1.83. The Labute approximate surface area is 129 Å². The predicted octanol–water partition coefficient (Wildman–Crippen LogP) is 4.07. The second-order valence-corrected chi connectivity index (χ2v) is 7.00. The second-order valence-electron chi connectivity index (χ2n) is 7.00. The Morgan fingerprint density at radius 1 is 1.05 bits per heavy atom. The van der Waals surface area contributed by atoms with Gasteiger partial charge in [-0.25, -0.2) is 0 Å². The van der Waals surface area contributed by atoms with Crippen LogP contribution in [0.5, 0.6) is 0 Å². The summed E-state index contributed by atoms with van der Waals surface area (Å²) in [5.41, 5.74) is -1.00. The monoisotopic (exact) mass is 299 g/mol. The van der Waals surface area contributed by atoms with E-state index in [0.717, 1.165) is 19.3 Å². The zero-order chi connectivity index (χ0) is 16.5. The van der Waals surface area contributed by atoms with Gasteiger partial charge >= 0.3 is 11.9 Å². The molecule has 1 atom stereocenters. The number of rotatable bonds is 9. The van der Waals surface area contributed by atoms with Crippen LogP contribution in [0.15, 0.2) is 0 Å². The summed E-state index contributed by atoms with van der Waals surface area (Å²) in [6, 6.07) is 0. The zero-order valence-electron chi connectivity index (χ0n) is 14.3. The Balaban J connectivity index is 4.01. The van der Waals surface area contributed by atoms with Crippen LogP contribution in [-0.2, 0) is 19.1 Å². The van der Waals surface area contributed by atoms with Crippen LogP contribution in [0.25, 0.3) is 0 Å². The lowest BCUT2D eigenvalue weighted by Crippen LogP contribution is -2.28. The van der Waals surface area contributed by atoms with E-state index in [0.29, 0.717) is 13.0 Å². The highest BCUT2D eigenvalue weighted by molar-refractivity contribution is 5.72. The van der Waals surface area contributed by atoms with Crippen LogP contribution in [-0.4, -0.2) is 24.1 Å². The standard InChI is InChI=1S/C17H31O4/c1-7-8-9-12-20-14(18)10-11-17(5,6)13-15(19)21-16(2,3)4/h5,7-13H2,1-4,6H3. The molecule has 0 fully saturated rings. The molecule has 4 nitrogen and oxygen atoms in total. The lowest BCUT2D eigenvalue weighted by Gasteiger charge is -2.26. The van der Waals surface area contributed by atoms with Gasteiger partial charge in [-0.15, -0.1) is 0 Å². The van der Waals surface area contributed by atoms with E-state index in [-0.39, 0.29) is 24.8 Å². The van der Waals surface area contributed by atoms with Crippen molar-refractivity contribution in [2.45, 2.75) is 78.7 Å². The molecule has 123 valence electrons. The largest absolute Gasteiger partial charge is 0.466 e. The number of ether oxygens (including phenoxy) is 2. The molecule has 1 unspecified atom stereocenters. The fourth-order valence-corrected chi connectivity index (χ4v) is 1.83. The quantitative estimate of drug-likeness (QED) is 0.475. The molecule has 0 aliphatic rings. The molecule has 0 aromatic carbocycles. The average molecular weight is 299 g/mol. The summed E-state index contributed by atoms with van der Waals surface area (Å²) in [6.45, 7) is 14.0. The smallest absolute Gasteiger partial charge is 0.306 e. The minimum Gasteiger partial charge on any atom is -0.466 e. The molecule has 0 saturated heterocycles. The molecule has 0 N–H and O–H groups in total. The third-order valence-corrected chi connectivity index (χ3v) is 2.93. The van der Waals surface area contributed by atoms with Crippen LogP contribution in [0, 0.1) is 12.3 Å². The molecular weight excluding hydrogens is 268 g/mol. The minimum atomic E-state index is -0.509. The van der Waals surface area contributed by atoms with E-state index in [4.69, 9.17) is 9.47 Å². The van der Waals surface area contributed by atoms with E-state index in [1.54, 1.807) is 0 Å². The second kappa shape index (κ2) is 9.06. The first kappa shape index (κ1) is 19.9. The maximum absolute atomic E-state index is 11.8. The first-order chi connectivity index (χ1) is 9.56. The lowest BCUT2D eigenvalue weighted by atomic mass is 9.84. The van der Waals surface area contributed by atoms with Gasteiger partial charge in [0, 0.05) is 6.42 Å². The summed E-state index contributed by atoms with van der Waals surface area (Å²) < 4.78 is 10.4. The molecule has 1 radical (unpaired) electrons. The third kappa shape index (κ3) is 12.4. The van der Waals surface area contributed by atoms with Gasteiger partial charge in [-0.3, -0.25) is 9.59 Å². The maximum atomic E-state index is 11.8. The molecule has 4 heteroatoms. The van der Waals surface area contributed by atoms with E-state index < -0.39 is 11.0 Å². The number of hydrogen-bond donors (Lipinski definition) is 0. The molecule has 0 heterocycles. The Bertz CT molecular complexity index is 326. The van der Waals surface area contributed by atoms with E-state index >= 15 is 0 Å². The van der Waals surface area contributed by atoms with Crippen molar-refractivity contribution in [2.24, 2.45) is 5.41 Å². The zero-order valence-corrected chi connectivity index (χ0v) is 14.3. The maximum Gasteiger partial charge on any atom is 0.306 e. The molecule has 0 aromatic heterocycles. The number of hydrogen-bond acceptors (Lipinski definition) is 4. The van der Waals surface area contributed by atoms with E-state index in [1.807, 2.05) is 27.7 Å². The minimum absolute atomic E-state index is 0.202. The molecule has 0 rings (SSSR count). The van der Waals surface area contributed by atoms with E-state index in [1.165, 1.54) is 0 Å². The van der Waals surface area contributed by atoms with Crippen LogP contribution >= 0.6 is 0 Å². The van der Waals surface area contributed by atoms with Crippen molar-refractivity contribution in [1.29, 1.82) is 0 Å². The average Bonchev–Trinajstić information content (AvgIpc) is 2.29. The highest BCUT2D eigenvalue weighted by Crippen LogP contribution is 2.28. The number of esters is 2. The first-order valence-corrected chi connectivity index (χ1v) is 7.78. The molecule has 0 amide bonds. The summed E-state index contributed by atoms with van der Waals surface area (Å²) >= 11 is 0. The van der Waals surface area contributed by atoms with Gasteiger partial charge in [0.15, 0.2) is 0 Å². The molecule has 21 heavy (non-hydrogen) atoms. The van der Waals surface area contributed by atoms with Crippen LogP contribution in [0.3, 0.4) is 0 Å². The van der Waals surface area contributed by atoms with Gasteiger partial charge in [-0.1, -0.05) is 26.7 Å². The molecule has 0 aliphatic carbocycles. The van der Waals surface area contributed by atoms with Crippen LogP contribution < -0.4 is 0 Å². The summed E-state index contributed by atoms with van der Waals surface area (Å²) in [7, 11) is 0. The molecule has 0 aliphatic heterocycles. The van der Waals surface area contributed by atoms with Crippen molar-refractivity contribution >= 4 is 11.9 Å². The van der Waals surface area contributed by atoms with Crippen molar-refractivity contribution in [2.75, 3.05) is 6.61 Å². The van der Waals surface area contributed by atoms with Crippen LogP contribution in [0.2, 0.25) is 0 Å². The first-order valence-electron chi connectivity index (χ1n) is 7.78. The Kier molecular flexibility index (Phi) is 8.60. The van der Waals surface area contributed by atoms with E-state index in [9.17, 15) is 9.59 Å². The number of carbonyl (C=O) groups excluding carboxylic acids is 2. The fraction of sp³-hybridized carbons (Fsp3) is 0.824. The normalized spacial score (nSPS) is 12.1. The van der Waals surface area contributed by atoms with Gasteiger partial charge in [-0.05, 0) is 46.0 Å². The van der Waals surface area contributed by atoms with Gasteiger partial charge < -0.3 is 9.47 Å². The highest BCUT2D eigenvalue weighted by Gasteiger charge is 2.26. The summed E-state index contributed by atoms with van der Waals surface area (Å²) in [6.07, 6.45) is 4.08. The van der Waals surface area contributed by atoms with Gasteiger partial charge in [-0.2, -0.15) is 0 Å². The van der Waals surface area contributed by atoms with Crippen molar-refractivity contribution in [1.82, 2.24) is 0 Å². The Morgan fingerprint density at radius 2 is 1.67 bits per heavy atom. The van der Waals surface area contributed by atoms with Gasteiger partial charge in [0.2, 0.25) is 0 Å². The number of unbranched alkanes of at least 4 members (excludes halogenated alkanes) is 2. The topological polar surface area (TPSA) is 52.6 Å². The number of carbonyl (C=O) groups is 2. The molecule has 0 saturated carbocycles. The molecule has 0 aromatic rings. The SMILES string of the molecule is [CH2]C(C)(CCC(=O)OCCCCC)CC(=O)OC(C)(C)C. The van der Waals surface area contributed by atoms with Gasteiger partial charge in [0.25, 0.3) is 0 Å². The van der Waals surface area contributed by atoms with Gasteiger partial charge in [0.05, 0.1) is 13.0 Å². The van der Waals surface area contributed by atoms with Gasteiger partial charge in [0.1, 0.15) is 5.60 Å². The molecular formula is C17H31O4. The Hall–Kier alpha value is -1.06. The van der Waals surface area contributed by atoms with E-state index in [2.05, 4.69) is 13.8 Å². The van der Waals surface area contributed by atoms with Crippen LogP contribution in [0.1, 0.15) is 73.1 Å².